The molecule has 0 aliphatic carbocycles. The SMILES string of the molecule is CCc1nnc(SCC(=O)NCc2ccc(OC)c(OC)c2)n1-c1ccccc1. The van der Waals surface area contributed by atoms with Crippen LogP contribution in [0.1, 0.15) is 18.3 Å². The van der Waals surface area contributed by atoms with Gasteiger partial charge in [0.2, 0.25) is 5.91 Å². The third kappa shape index (κ3) is 5.08. The number of hydrogen-bond acceptors (Lipinski definition) is 6. The molecule has 152 valence electrons. The van der Waals surface area contributed by atoms with Crippen LogP contribution >= 0.6 is 11.8 Å². The first kappa shape index (κ1) is 20.7. The number of rotatable bonds is 9. The molecule has 0 aliphatic heterocycles. The summed E-state index contributed by atoms with van der Waals surface area (Å²) in [6.07, 6.45) is 0.758. The van der Waals surface area contributed by atoms with Crippen molar-refractivity contribution < 1.29 is 14.3 Å². The Balaban J connectivity index is 1.61. The lowest BCUT2D eigenvalue weighted by atomic mass is 10.2. The number of nitrogens with zero attached hydrogens (tertiary/aromatic N) is 3. The average Bonchev–Trinajstić information content (AvgIpc) is 3.19. The smallest absolute Gasteiger partial charge is 0.230 e. The molecule has 0 fully saturated rings. The lowest BCUT2D eigenvalue weighted by molar-refractivity contribution is -0.118. The van der Waals surface area contributed by atoms with Crippen LogP contribution in [0.4, 0.5) is 0 Å². The lowest BCUT2D eigenvalue weighted by Crippen LogP contribution is -2.24. The Kier molecular flexibility index (Phi) is 7.13. The molecule has 1 aromatic heterocycles. The fraction of sp³-hybridized carbons (Fsp3) is 0.286. The summed E-state index contributed by atoms with van der Waals surface area (Å²) < 4.78 is 12.5. The average molecular weight is 413 g/mol. The van der Waals surface area contributed by atoms with E-state index in [4.69, 9.17) is 9.47 Å². The standard InChI is InChI=1S/C21H24N4O3S/c1-4-19-23-24-21(25(19)16-8-6-5-7-9-16)29-14-20(26)22-13-15-10-11-17(27-2)18(12-15)28-3/h5-12H,4,13-14H2,1-3H3,(H,22,26). The fourth-order valence-corrected chi connectivity index (χ4v) is 3.63. The number of ether oxygens (including phenoxy) is 2. The van der Waals surface area contributed by atoms with Gasteiger partial charge in [0, 0.05) is 18.7 Å². The van der Waals surface area contributed by atoms with Crippen LogP contribution in [-0.4, -0.2) is 40.6 Å². The number of thioether (sulfide) groups is 1. The topological polar surface area (TPSA) is 78.3 Å². The molecule has 1 amide bonds. The molecule has 0 radical (unpaired) electrons. The van der Waals surface area contributed by atoms with E-state index in [1.165, 1.54) is 11.8 Å². The van der Waals surface area contributed by atoms with Gasteiger partial charge < -0.3 is 14.8 Å². The summed E-state index contributed by atoms with van der Waals surface area (Å²) >= 11 is 1.37. The van der Waals surface area contributed by atoms with E-state index in [9.17, 15) is 4.79 Å². The molecule has 0 aliphatic rings. The normalized spacial score (nSPS) is 10.6. The van der Waals surface area contributed by atoms with Gasteiger partial charge in [-0.2, -0.15) is 0 Å². The van der Waals surface area contributed by atoms with Gasteiger partial charge in [-0.15, -0.1) is 10.2 Å². The van der Waals surface area contributed by atoms with Gasteiger partial charge in [-0.25, -0.2) is 0 Å². The van der Waals surface area contributed by atoms with Crippen molar-refractivity contribution in [1.29, 1.82) is 0 Å². The van der Waals surface area contributed by atoms with Crippen LogP contribution in [-0.2, 0) is 17.8 Å². The van der Waals surface area contributed by atoms with E-state index in [0.29, 0.717) is 23.2 Å². The summed E-state index contributed by atoms with van der Waals surface area (Å²) in [5.74, 6) is 2.33. The first-order valence-electron chi connectivity index (χ1n) is 9.26. The molecule has 7 nitrogen and oxygen atoms in total. The highest BCUT2D eigenvalue weighted by Crippen LogP contribution is 2.27. The monoisotopic (exact) mass is 412 g/mol. The number of carbonyl (C=O) groups excluding carboxylic acids is 1. The Bertz CT molecular complexity index is 960. The van der Waals surface area contributed by atoms with Gasteiger partial charge in [-0.1, -0.05) is 43.0 Å². The van der Waals surface area contributed by atoms with Crippen molar-refractivity contribution in [3.63, 3.8) is 0 Å². The highest BCUT2D eigenvalue weighted by molar-refractivity contribution is 7.99. The second-order valence-electron chi connectivity index (χ2n) is 6.18. The number of aryl methyl sites for hydroxylation is 1. The molecule has 0 saturated heterocycles. The second-order valence-corrected chi connectivity index (χ2v) is 7.12. The van der Waals surface area contributed by atoms with Crippen LogP contribution in [0.25, 0.3) is 5.69 Å². The van der Waals surface area contributed by atoms with Crippen molar-refractivity contribution in [1.82, 2.24) is 20.1 Å². The van der Waals surface area contributed by atoms with Gasteiger partial charge in [0.25, 0.3) is 0 Å². The van der Waals surface area contributed by atoms with Crippen molar-refractivity contribution in [2.24, 2.45) is 0 Å². The maximum atomic E-state index is 12.3. The third-order valence-corrected chi connectivity index (χ3v) is 5.23. The lowest BCUT2D eigenvalue weighted by Gasteiger charge is -2.11. The van der Waals surface area contributed by atoms with Crippen molar-refractivity contribution in [2.45, 2.75) is 25.0 Å². The number of methoxy groups -OCH3 is 2. The number of amides is 1. The third-order valence-electron chi connectivity index (χ3n) is 4.30. The molecular formula is C21H24N4O3S. The maximum Gasteiger partial charge on any atom is 0.230 e. The van der Waals surface area contributed by atoms with Crippen LogP contribution in [0, 0.1) is 0 Å². The minimum Gasteiger partial charge on any atom is -0.493 e. The summed E-state index contributed by atoms with van der Waals surface area (Å²) in [6, 6.07) is 15.5. The fourth-order valence-electron chi connectivity index (χ4n) is 2.83. The van der Waals surface area contributed by atoms with Gasteiger partial charge in [0.1, 0.15) is 5.82 Å². The Morgan fingerprint density at radius 1 is 1.07 bits per heavy atom. The number of carbonyl (C=O) groups is 1. The minimum atomic E-state index is -0.0783. The molecule has 1 N–H and O–H groups in total. The number of benzene rings is 2. The van der Waals surface area contributed by atoms with Crippen LogP contribution in [0.3, 0.4) is 0 Å². The number of para-hydroxylation sites is 1. The first-order chi connectivity index (χ1) is 14.2. The largest absolute Gasteiger partial charge is 0.493 e. The molecule has 3 rings (SSSR count). The highest BCUT2D eigenvalue weighted by Gasteiger charge is 2.14. The molecule has 0 atom stereocenters. The van der Waals surface area contributed by atoms with Gasteiger partial charge in [0.05, 0.1) is 20.0 Å². The van der Waals surface area contributed by atoms with Crippen LogP contribution < -0.4 is 14.8 Å². The van der Waals surface area contributed by atoms with E-state index >= 15 is 0 Å². The molecule has 2 aromatic carbocycles. The predicted molar refractivity (Wildman–Crippen MR) is 113 cm³/mol. The Hall–Kier alpha value is -3.00. The summed E-state index contributed by atoms with van der Waals surface area (Å²) in [6.45, 7) is 2.44. The van der Waals surface area contributed by atoms with E-state index in [0.717, 1.165) is 23.5 Å². The van der Waals surface area contributed by atoms with E-state index in [1.54, 1.807) is 14.2 Å². The highest BCUT2D eigenvalue weighted by atomic mass is 32.2. The number of nitrogens with one attached hydrogen (secondary N) is 1. The Morgan fingerprint density at radius 2 is 1.83 bits per heavy atom. The molecule has 8 heteroatoms. The van der Waals surface area contributed by atoms with Gasteiger partial charge in [-0.05, 0) is 29.8 Å². The molecule has 1 heterocycles. The molecule has 29 heavy (non-hydrogen) atoms. The predicted octanol–water partition coefficient (Wildman–Crippen LogP) is 3.26. The van der Waals surface area contributed by atoms with E-state index in [-0.39, 0.29) is 11.7 Å². The van der Waals surface area contributed by atoms with Crippen molar-refractivity contribution in [2.75, 3.05) is 20.0 Å². The minimum absolute atomic E-state index is 0.0783. The van der Waals surface area contributed by atoms with Gasteiger partial charge >= 0.3 is 0 Å². The van der Waals surface area contributed by atoms with E-state index in [2.05, 4.69) is 15.5 Å². The first-order valence-corrected chi connectivity index (χ1v) is 10.2. The van der Waals surface area contributed by atoms with Crippen LogP contribution in [0.5, 0.6) is 11.5 Å². The number of hydrogen-bond donors (Lipinski definition) is 1. The van der Waals surface area contributed by atoms with Crippen LogP contribution in [0.2, 0.25) is 0 Å². The number of aromatic nitrogens is 3. The second kappa shape index (κ2) is 9.97. The van der Waals surface area contributed by atoms with Gasteiger partial charge in [-0.3, -0.25) is 9.36 Å². The molecule has 0 saturated carbocycles. The molecular weight excluding hydrogens is 388 g/mol. The van der Waals surface area contributed by atoms with E-state index < -0.39 is 0 Å². The van der Waals surface area contributed by atoms with Crippen LogP contribution in [0.15, 0.2) is 53.7 Å². The maximum absolute atomic E-state index is 12.3. The Morgan fingerprint density at radius 3 is 2.52 bits per heavy atom. The summed E-state index contributed by atoms with van der Waals surface area (Å²) in [4.78, 5) is 12.3. The summed E-state index contributed by atoms with van der Waals surface area (Å²) in [7, 11) is 3.18. The zero-order valence-corrected chi connectivity index (χ0v) is 17.5. The quantitative estimate of drug-likeness (QED) is 0.544. The van der Waals surface area contributed by atoms with Gasteiger partial charge in [0.15, 0.2) is 16.7 Å². The Labute approximate surface area is 174 Å². The molecule has 0 bridgehead atoms. The zero-order chi connectivity index (χ0) is 20.6. The summed E-state index contributed by atoms with van der Waals surface area (Å²) in [5.41, 5.74) is 1.92. The summed E-state index contributed by atoms with van der Waals surface area (Å²) in [5, 5.41) is 12.1. The zero-order valence-electron chi connectivity index (χ0n) is 16.7. The van der Waals surface area contributed by atoms with Crippen molar-refractivity contribution >= 4 is 17.7 Å². The molecule has 0 spiro atoms. The molecule has 3 aromatic rings. The van der Waals surface area contributed by atoms with Crippen molar-refractivity contribution in [3.8, 4) is 17.2 Å². The van der Waals surface area contributed by atoms with Crippen molar-refractivity contribution in [3.05, 3.63) is 59.9 Å². The van der Waals surface area contributed by atoms with E-state index in [1.807, 2.05) is 60.0 Å². The molecule has 0 unspecified atom stereocenters.